The van der Waals surface area contributed by atoms with Gasteiger partial charge in [0.05, 0.1) is 16.9 Å². The molecule has 2 aromatic heterocycles. The zero-order valence-electron chi connectivity index (χ0n) is 34.9. The highest BCUT2D eigenvalue weighted by atomic mass is 16.5. The van der Waals surface area contributed by atoms with Gasteiger partial charge in [0.1, 0.15) is 29.5 Å². The lowest BCUT2D eigenvalue weighted by Crippen LogP contribution is -2.55. The Balaban J connectivity index is 0.654. The lowest BCUT2D eigenvalue weighted by molar-refractivity contribution is -0.136. The summed E-state index contributed by atoms with van der Waals surface area (Å²) >= 11 is 0. The van der Waals surface area contributed by atoms with Gasteiger partial charge in [0.15, 0.2) is 0 Å². The molecule has 0 radical (unpaired) electrons. The number of piperidine rings is 2. The number of H-pyrrole nitrogens is 1. The quantitative estimate of drug-likeness (QED) is 0.213. The van der Waals surface area contributed by atoms with E-state index in [1.165, 1.54) is 0 Å². The van der Waals surface area contributed by atoms with Crippen molar-refractivity contribution in [3.8, 4) is 17.1 Å². The highest BCUT2D eigenvalue weighted by molar-refractivity contribution is 6.05. The van der Waals surface area contributed by atoms with Crippen LogP contribution in [0.3, 0.4) is 0 Å². The summed E-state index contributed by atoms with van der Waals surface area (Å²) in [4.78, 5) is 61.0. The van der Waals surface area contributed by atoms with Crippen molar-refractivity contribution in [2.24, 2.45) is 5.92 Å². The summed E-state index contributed by atoms with van der Waals surface area (Å²) in [5.41, 5.74) is 5.39. The van der Waals surface area contributed by atoms with Gasteiger partial charge in [-0.25, -0.2) is 9.97 Å². The third-order valence-corrected chi connectivity index (χ3v) is 14.0. The number of fused-ring (bicyclic) bond motifs is 2. The molecule has 2 aromatic carbocycles. The van der Waals surface area contributed by atoms with Gasteiger partial charge in [-0.1, -0.05) is 0 Å². The number of amides is 3. The van der Waals surface area contributed by atoms with Crippen molar-refractivity contribution in [3.63, 3.8) is 0 Å². The van der Waals surface area contributed by atoms with Crippen LogP contribution in [-0.2, 0) is 16.1 Å². The molecule has 2 N–H and O–H groups in total. The molecule has 4 saturated heterocycles. The van der Waals surface area contributed by atoms with Crippen LogP contribution in [0.25, 0.3) is 22.3 Å². The van der Waals surface area contributed by atoms with Crippen LogP contribution in [0, 0.1) is 5.92 Å². The van der Waals surface area contributed by atoms with Crippen molar-refractivity contribution >= 4 is 40.1 Å². The van der Waals surface area contributed by atoms with Crippen LogP contribution in [0.4, 0.5) is 11.5 Å². The zero-order chi connectivity index (χ0) is 41.0. The number of nitrogens with zero attached hydrogens (tertiary/aromatic N) is 9. The molecule has 316 valence electrons. The van der Waals surface area contributed by atoms with Gasteiger partial charge in [0, 0.05) is 120 Å². The predicted molar refractivity (Wildman–Crippen MR) is 229 cm³/mol. The van der Waals surface area contributed by atoms with Crippen LogP contribution in [-0.4, -0.2) is 154 Å². The first kappa shape index (κ1) is 39.0. The van der Waals surface area contributed by atoms with Gasteiger partial charge >= 0.3 is 0 Å². The smallest absolute Gasteiger partial charge is 0.255 e. The molecule has 6 aliphatic rings. The van der Waals surface area contributed by atoms with E-state index in [9.17, 15) is 14.4 Å². The van der Waals surface area contributed by atoms with Gasteiger partial charge in [-0.3, -0.25) is 34.6 Å². The number of carbonyl (C=O) groups excluding carboxylic acids is 3. The molecular weight excluding hydrogens is 759 g/mol. The molecule has 7 heterocycles. The van der Waals surface area contributed by atoms with Gasteiger partial charge in [-0.15, -0.1) is 0 Å². The molecule has 15 heteroatoms. The summed E-state index contributed by atoms with van der Waals surface area (Å²) in [6.45, 7) is 17.6. The molecule has 3 amide bonds. The van der Waals surface area contributed by atoms with Crippen LogP contribution in [0.15, 0.2) is 48.8 Å². The van der Waals surface area contributed by atoms with Crippen molar-refractivity contribution in [1.29, 1.82) is 0 Å². The Bertz CT molecular complexity index is 2260. The number of imide groups is 1. The fourth-order valence-corrected chi connectivity index (χ4v) is 9.96. The number of aromatic nitrogens is 4. The third-order valence-electron chi connectivity index (χ3n) is 14.0. The monoisotopic (exact) mass is 815 g/mol. The van der Waals surface area contributed by atoms with Crippen LogP contribution in [0.2, 0.25) is 0 Å². The maximum Gasteiger partial charge on any atom is 0.255 e. The molecular formula is C45H57N11O4. The third kappa shape index (κ3) is 8.06. The molecule has 1 aliphatic carbocycles. The highest BCUT2D eigenvalue weighted by Gasteiger charge is 2.41. The maximum atomic E-state index is 13.2. The highest BCUT2D eigenvalue weighted by Crippen LogP contribution is 2.41. The van der Waals surface area contributed by atoms with Crippen molar-refractivity contribution in [2.75, 3.05) is 88.3 Å². The zero-order valence-corrected chi connectivity index (χ0v) is 34.9. The fourth-order valence-electron chi connectivity index (χ4n) is 9.96. The first-order chi connectivity index (χ1) is 29.1. The number of nitrogens with one attached hydrogen (secondary N) is 2. The normalized spacial score (nSPS) is 24.3. The Morgan fingerprint density at radius 1 is 0.850 bits per heavy atom. The Kier molecular flexibility index (Phi) is 10.4. The predicted octanol–water partition coefficient (Wildman–Crippen LogP) is 3.76. The number of piperazine rings is 2. The number of carbonyl (C=O) groups is 3. The minimum absolute atomic E-state index is 0.0395. The summed E-state index contributed by atoms with van der Waals surface area (Å²) in [7, 11) is 0. The van der Waals surface area contributed by atoms with Gasteiger partial charge in [-0.05, 0) is 93.8 Å². The van der Waals surface area contributed by atoms with Gasteiger partial charge in [-0.2, -0.15) is 5.10 Å². The van der Waals surface area contributed by atoms with Crippen molar-refractivity contribution in [1.82, 2.24) is 45.1 Å². The number of aromatic amines is 1. The van der Waals surface area contributed by atoms with E-state index in [1.807, 2.05) is 18.2 Å². The van der Waals surface area contributed by atoms with E-state index >= 15 is 0 Å². The number of hydrogen-bond donors (Lipinski definition) is 2. The van der Waals surface area contributed by atoms with Crippen molar-refractivity contribution in [2.45, 2.75) is 76.6 Å². The van der Waals surface area contributed by atoms with E-state index in [4.69, 9.17) is 9.72 Å². The van der Waals surface area contributed by atoms with Crippen LogP contribution in [0.1, 0.15) is 68.3 Å². The van der Waals surface area contributed by atoms with Crippen LogP contribution in [0.5, 0.6) is 5.75 Å². The minimum atomic E-state index is -0.581. The van der Waals surface area contributed by atoms with E-state index in [2.05, 4.69) is 83.1 Å². The number of ether oxygens (including phenoxy) is 1. The second-order valence-corrected chi connectivity index (χ2v) is 18.2. The molecule has 2 atom stereocenters. The number of benzene rings is 2. The molecule has 5 aliphatic heterocycles. The maximum absolute atomic E-state index is 13.2. The van der Waals surface area contributed by atoms with Gasteiger partial charge in [0.25, 0.3) is 5.91 Å². The molecule has 10 rings (SSSR count). The second kappa shape index (κ2) is 16.1. The summed E-state index contributed by atoms with van der Waals surface area (Å²) < 4.78 is 6.24. The Morgan fingerprint density at radius 3 is 2.45 bits per heavy atom. The minimum Gasteiger partial charge on any atom is -0.488 e. The summed E-state index contributed by atoms with van der Waals surface area (Å²) in [5.74, 6) is 1.77. The Labute approximate surface area is 351 Å². The van der Waals surface area contributed by atoms with E-state index < -0.39 is 6.04 Å². The summed E-state index contributed by atoms with van der Waals surface area (Å²) in [6, 6.07) is 14.1. The number of hydrogen-bond acceptors (Lipinski definition) is 12. The molecule has 4 aromatic rings. The van der Waals surface area contributed by atoms with E-state index in [0.29, 0.717) is 30.5 Å². The Hall–Kier alpha value is -5.12. The molecule has 1 unspecified atom stereocenters. The summed E-state index contributed by atoms with van der Waals surface area (Å²) in [5, 5.41) is 11.2. The van der Waals surface area contributed by atoms with Crippen LogP contribution >= 0.6 is 0 Å². The SMILES string of the molecule is C[C@H]1CN(c2cc(-c3[nH]nc4ccc(OC5(C)CC5)cc34)ncn2)CCN1CCN1CCN(CC2CCN(c3ccc4c(c3)CN(C3CCC(=O)NC3=O)C4=O)CC2)CC1. The van der Waals surface area contributed by atoms with Crippen LogP contribution < -0.4 is 19.9 Å². The lowest BCUT2D eigenvalue weighted by atomic mass is 9.95. The van der Waals surface area contributed by atoms with Crippen molar-refractivity contribution < 1.29 is 19.1 Å². The number of rotatable bonds is 11. The fraction of sp³-hybridized carbons (Fsp3) is 0.556. The molecule has 15 nitrogen and oxygen atoms in total. The van der Waals surface area contributed by atoms with Gasteiger partial charge < -0.3 is 24.3 Å². The molecule has 0 spiro atoms. The molecule has 5 fully saturated rings. The van der Waals surface area contributed by atoms with Crippen molar-refractivity contribution in [3.05, 3.63) is 59.9 Å². The van der Waals surface area contributed by atoms with E-state index in [0.717, 1.165) is 149 Å². The average Bonchev–Trinajstić information content (AvgIpc) is 3.68. The second-order valence-electron chi connectivity index (χ2n) is 18.2. The van der Waals surface area contributed by atoms with E-state index in [1.54, 1.807) is 11.2 Å². The molecule has 0 bridgehead atoms. The first-order valence-electron chi connectivity index (χ1n) is 22.1. The largest absolute Gasteiger partial charge is 0.488 e. The Morgan fingerprint density at radius 2 is 1.67 bits per heavy atom. The average molecular weight is 816 g/mol. The topological polar surface area (TPSA) is 146 Å². The molecule has 1 saturated carbocycles. The number of anilines is 2. The standard InChI is InChI=1S/C45H57N11O4/c1-30-26-55(40-25-38(46-29-47-40)42-36-24-34(60-45(2)11-12-45)4-6-37(36)49-50-42)22-21-53(30)20-19-51-15-17-52(18-16-51)27-31-9-13-54(14-10-31)33-3-5-35-32(23-33)28-56(44(35)59)39-7-8-41(57)48-43(39)58/h3-6,23-25,29-31,39H,7-22,26-28H2,1-2H3,(H,49,50)(H,48,57,58)/t30-,39?/m0/s1. The lowest BCUT2D eigenvalue weighted by Gasteiger charge is -2.42. The first-order valence-corrected chi connectivity index (χ1v) is 22.1. The van der Waals surface area contributed by atoms with Gasteiger partial charge in [0.2, 0.25) is 11.8 Å². The molecule has 60 heavy (non-hydrogen) atoms. The summed E-state index contributed by atoms with van der Waals surface area (Å²) in [6.07, 6.45) is 6.83. The van der Waals surface area contributed by atoms with E-state index in [-0.39, 0.29) is 29.7 Å².